The molecule has 0 aliphatic carbocycles. The van der Waals surface area contributed by atoms with E-state index in [-0.39, 0.29) is 0 Å². The highest BCUT2D eigenvalue weighted by atomic mass is 15.3. The van der Waals surface area contributed by atoms with Crippen LogP contribution in [0.3, 0.4) is 0 Å². The van der Waals surface area contributed by atoms with Gasteiger partial charge >= 0.3 is 0 Å². The van der Waals surface area contributed by atoms with Gasteiger partial charge in [0.25, 0.3) is 0 Å². The van der Waals surface area contributed by atoms with Gasteiger partial charge in [-0.3, -0.25) is 0 Å². The van der Waals surface area contributed by atoms with Crippen molar-refractivity contribution in [3.8, 4) is 0 Å². The molecule has 4 saturated heterocycles. The first kappa shape index (κ1) is 10.9. The van der Waals surface area contributed by atoms with Crippen LogP contribution in [-0.4, -0.2) is 24.2 Å². The Labute approximate surface area is 109 Å². The molecule has 0 aromatic heterocycles. The molecule has 4 aliphatic heterocycles. The maximum absolute atomic E-state index is 3.78. The van der Waals surface area contributed by atoms with Gasteiger partial charge in [-0.25, -0.2) is 0 Å². The van der Waals surface area contributed by atoms with E-state index in [1.54, 1.807) is 0 Å². The van der Waals surface area contributed by atoms with Crippen molar-refractivity contribution in [2.75, 3.05) is 4.90 Å². The summed E-state index contributed by atoms with van der Waals surface area (Å²) in [5.41, 5.74) is 4.34. The number of nitrogens with one attached hydrogen (secondary N) is 1. The monoisotopic (exact) mass is 242 g/mol. The van der Waals surface area contributed by atoms with Crippen LogP contribution >= 0.6 is 0 Å². The van der Waals surface area contributed by atoms with E-state index in [0.29, 0.717) is 0 Å². The Morgan fingerprint density at radius 2 is 1.61 bits per heavy atom. The number of rotatable bonds is 1. The topological polar surface area (TPSA) is 15.3 Å². The molecule has 1 N–H and O–H groups in total. The minimum absolute atomic E-state index is 0.786. The van der Waals surface area contributed by atoms with Gasteiger partial charge in [0, 0.05) is 29.9 Å². The second-order valence-electron chi connectivity index (χ2n) is 6.51. The molecule has 0 saturated carbocycles. The molecule has 4 aliphatic rings. The third-order valence-corrected chi connectivity index (χ3v) is 5.13. The van der Waals surface area contributed by atoms with Gasteiger partial charge in [0.15, 0.2) is 0 Å². The van der Waals surface area contributed by atoms with Crippen LogP contribution in [0.25, 0.3) is 0 Å². The minimum Gasteiger partial charge on any atom is -0.365 e. The van der Waals surface area contributed by atoms with E-state index < -0.39 is 0 Å². The second kappa shape index (κ2) is 3.74. The predicted molar refractivity (Wildman–Crippen MR) is 75.2 cm³/mol. The lowest BCUT2D eigenvalue weighted by molar-refractivity contribution is 0.134. The number of hydrogen-bond donors (Lipinski definition) is 1. The van der Waals surface area contributed by atoms with Gasteiger partial charge in [-0.15, -0.1) is 0 Å². The van der Waals surface area contributed by atoms with E-state index in [4.69, 9.17) is 0 Å². The summed E-state index contributed by atoms with van der Waals surface area (Å²) in [6, 6.07) is 10.1. The van der Waals surface area contributed by atoms with Gasteiger partial charge in [0.05, 0.1) is 0 Å². The van der Waals surface area contributed by atoms with Crippen LogP contribution in [0, 0.1) is 13.8 Å². The summed E-state index contributed by atoms with van der Waals surface area (Å²) < 4.78 is 0. The van der Waals surface area contributed by atoms with Crippen LogP contribution in [0.5, 0.6) is 0 Å². The van der Waals surface area contributed by atoms with Crippen molar-refractivity contribution < 1.29 is 0 Å². The molecule has 4 bridgehead atoms. The van der Waals surface area contributed by atoms with Gasteiger partial charge in [-0.1, -0.05) is 12.1 Å². The van der Waals surface area contributed by atoms with Crippen LogP contribution in [0.1, 0.15) is 36.8 Å². The van der Waals surface area contributed by atoms with Gasteiger partial charge in [-0.05, 0) is 56.7 Å². The summed E-state index contributed by atoms with van der Waals surface area (Å²) >= 11 is 0. The van der Waals surface area contributed by atoms with E-state index in [0.717, 1.165) is 24.2 Å². The molecule has 1 aromatic rings. The molecule has 5 rings (SSSR count). The summed E-state index contributed by atoms with van der Waals surface area (Å²) in [6.45, 7) is 4.47. The van der Waals surface area contributed by atoms with Crippen molar-refractivity contribution in [2.24, 2.45) is 0 Å². The van der Waals surface area contributed by atoms with Gasteiger partial charge in [-0.2, -0.15) is 0 Å². The van der Waals surface area contributed by atoms with Crippen molar-refractivity contribution in [3.63, 3.8) is 0 Å². The quantitative estimate of drug-likeness (QED) is 0.814. The first-order valence-electron chi connectivity index (χ1n) is 7.32. The average Bonchev–Trinajstić information content (AvgIpc) is 2.32. The molecule has 2 nitrogen and oxygen atoms in total. The third kappa shape index (κ3) is 1.51. The fourth-order valence-electron chi connectivity index (χ4n) is 4.45. The van der Waals surface area contributed by atoms with Crippen molar-refractivity contribution in [3.05, 3.63) is 29.3 Å². The fraction of sp³-hybridized carbons (Fsp3) is 0.625. The maximum atomic E-state index is 3.78. The van der Waals surface area contributed by atoms with E-state index in [1.807, 2.05) is 0 Å². The molecule has 0 atom stereocenters. The summed E-state index contributed by atoms with van der Waals surface area (Å²) in [5.74, 6) is 0. The van der Waals surface area contributed by atoms with Crippen molar-refractivity contribution in [2.45, 2.75) is 63.7 Å². The average molecular weight is 242 g/mol. The van der Waals surface area contributed by atoms with Crippen molar-refractivity contribution in [1.82, 2.24) is 5.32 Å². The van der Waals surface area contributed by atoms with Crippen molar-refractivity contribution in [1.29, 1.82) is 0 Å². The highest BCUT2D eigenvalue weighted by Crippen LogP contribution is 2.42. The molecule has 1 aromatic carbocycles. The Hall–Kier alpha value is -1.02. The number of piperidine rings is 4. The standard InChI is InChI=1S/C16H22N2/c1-10-3-4-11(2)16(5-10)18-14-6-12-7-15(18)9-13(8-14)17-12/h3-5,12-15,17H,6-9H2,1-2H3. The molecule has 4 heterocycles. The molecule has 4 fully saturated rings. The molecular formula is C16H22N2. The first-order chi connectivity index (χ1) is 8.70. The lowest BCUT2D eigenvalue weighted by Crippen LogP contribution is -2.67. The smallest absolute Gasteiger partial charge is 0.0403 e. The lowest BCUT2D eigenvalue weighted by Gasteiger charge is -2.58. The first-order valence-corrected chi connectivity index (χ1v) is 7.32. The molecular weight excluding hydrogens is 220 g/mol. The van der Waals surface area contributed by atoms with Gasteiger partial charge < -0.3 is 10.2 Å². The van der Waals surface area contributed by atoms with E-state index in [1.165, 1.54) is 42.5 Å². The largest absolute Gasteiger partial charge is 0.365 e. The SMILES string of the molecule is Cc1ccc(C)c(N2C3CC4CC2CC(C3)N4)c1. The summed E-state index contributed by atoms with van der Waals surface area (Å²) in [6.07, 6.45) is 5.39. The zero-order valence-corrected chi connectivity index (χ0v) is 11.3. The number of hydrogen-bond acceptors (Lipinski definition) is 2. The summed E-state index contributed by atoms with van der Waals surface area (Å²) in [4.78, 5) is 2.76. The van der Waals surface area contributed by atoms with Crippen LogP contribution in [0.4, 0.5) is 5.69 Å². The van der Waals surface area contributed by atoms with Gasteiger partial charge in [0.2, 0.25) is 0 Å². The number of anilines is 1. The highest BCUT2D eigenvalue weighted by molar-refractivity contribution is 5.57. The van der Waals surface area contributed by atoms with E-state index in [9.17, 15) is 0 Å². The van der Waals surface area contributed by atoms with Crippen LogP contribution < -0.4 is 10.2 Å². The highest BCUT2D eigenvalue weighted by Gasteiger charge is 2.46. The Morgan fingerprint density at radius 1 is 1.00 bits per heavy atom. The molecule has 96 valence electrons. The normalized spacial score (nSPS) is 37.3. The molecule has 0 spiro atoms. The zero-order chi connectivity index (χ0) is 12.3. The molecule has 18 heavy (non-hydrogen) atoms. The zero-order valence-electron chi connectivity index (χ0n) is 11.3. The molecule has 0 unspecified atom stereocenters. The Kier molecular flexibility index (Phi) is 2.25. The van der Waals surface area contributed by atoms with E-state index >= 15 is 0 Å². The van der Waals surface area contributed by atoms with Crippen LogP contribution in [0.2, 0.25) is 0 Å². The van der Waals surface area contributed by atoms with Crippen LogP contribution in [0.15, 0.2) is 18.2 Å². The fourth-order valence-corrected chi connectivity index (χ4v) is 4.45. The van der Waals surface area contributed by atoms with Crippen LogP contribution in [-0.2, 0) is 0 Å². The van der Waals surface area contributed by atoms with Gasteiger partial charge in [0.1, 0.15) is 0 Å². The second-order valence-corrected chi connectivity index (χ2v) is 6.51. The number of nitrogens with zero attached hydrogens (tertiary/aromatic N) is 1. The summed E-state index contributed by atoms with van der Waals surface area (Å²) in [7, 11) is 0. The molecule has 0 amide bonds. The Balaban J connectivity index is 1.74. The minimum atomic E-state index is 0.786. The predicted octanol–water partition coefficient (Wildman–Crippen LogP) is 2.78. The number of benzene rings is 1. The Morgan fingerprint density at radius 3 is 2.22 bits per heavy atom. The third-order valence-electron chi connectivity index (χ3n) is 5.13. The molecule has 2 heteroatoms. The van der Waals surface area contributed by atoms with E-state index in [2.05, 4.69) is 42.3 Å². The lowest BCUT2D eigenvalue weighted by atomic mass is 9.74. The summed E-state index contributed by atoms with van der Waals surface area (Å²) in [5, 5.41) is 3.78. The van der Waals surface area contributed by atoms with Crippen molar-refractivity contribution >= 4 is 5.69 Å². The maximum Gasteiger partial charge on any atom is 0.0403 e. The number of aryl methyl sites for hydroxylation is 2. The molecule has 0 radical (unpaired) electrons. The Bertz CT molecular complexity index is 452.